The van der Waals surface area contributed by atoms with Crippen molar-refractivity contribution in [2.75, 3.05) is 18.8 Å². The normalized spacial score (nSPS) is 25.0. The zero-order valence-corrected chi connectivity index (χ0v) is 16.9. The van der Waals surface area contributed by atoms with Crippen LogP contribution in [0.2, 0.25) is 0 Å². The van der Waals surface area contributed by atoms with Crippen LogP contribution in [-0.2, 0) is 19.1 Å². The molecule has 0 saturated carbocycles. The van der Waals surface area contributed by atoms with Crippen molar-refractivity contribution >= 4 is 34.8 Å². The Kier molecular flexibility index (Phi) is 5.96. The van der Waals surface area contributed by atoms with E-state index in [4.69, 9.17) is 9.31 Å². The van der Waals surface area contributed by atoms with Crippen LogP contribution in [0.5, 0.6) is 0 Å². The van der Waals surface area contributed by atoms with Crippen LogP contribution >= 0.6 is 12.4 Å². The fourth-order valence-electron chi connectivity index (χ4n) is 3.10. The summed E-state index contributed by atoms with van der Waals surface area (Å²) in [5.74, 6) is 0.378. The minimum absolute atomic E-state index is 0. The highest BCUT2D eigenvalue weighted by atomic mass is 35.5. The van der Waals surface area contributed by atoms with E-state index in [2.05, 4.69) is 5.32 Å². The summed E-state index contributed by atoms with van der Waals surface area (Å²) in [7, 11) is -3.85. The third-order valence-corrected chi connectivity index (χ3v) is 7.24. The van der Waals surface area contributed by atoms with Crippen molar-refractivity contribution in [3.05, 3.63) is 24.3 Å². The maximum absolute atomic E-state index is 12.7. The van der Waals surface area contributed by atoms with Gasteiger partial charge in [-0.2, -0.15) is 0 Å². The highest BCUT2D eigenvalue weighted by molar-refractivity contribution is 7.91. The summed E-state index contributed by atoms with van der Waals surface area (Å²) in [5, 5.41) is 3.22. The van der Waals surface area contributed by atoms with E-state index in [9.17, 15) is 8.42 Å². The molecule has 0 amide bonds. The molecule has 2 heterocycles. The van der Waals surface area contributed by atoms with Crippen LogP contribution in [0.3, 0.4) is 0 Å². The van der Waals surface area contributed by atoms with Crippen LogP contribution in [-0.4, -0.2) is 45.6 Å². The molecule has 140 valence electrons. The van der Waals surface area contributed by atoms with Crippen molar-refractivity contribution in [3.8, 4) is 0 Å². The Morgan fingerprint density at radius 2 is 1.84 bits per heavy atom. The van der Waals surface area contributed by atoms with Crippen molar-refractivity contribution in [1.29, 1.82) is 0 Å². The molecule has 0 aromatic heterocycles. The lowest BCUT2D eigenvalue weighted by molar-refractivity contribution is 0.00578. The van der Waals surface area contributed by atoms with Crippen LogP contribution in [0.1, 0.15) is 34.1 Å². The molecule has 1 aromatic carbocycles. The third-order valence-electron chi connectivity index (χ3n) is 5.36. The third kappa shape index (κ3) is 4.22. The van der Waals surface area contributed by atoms with Crippen molar-refractivity contribution in [2.24, 2.45) is 5.92 Å². The van der Waals surface area contributed by atoms with Gasteiger partial charge in [-0.25, -0.2) is 8.42 Å². The lowest BCUT2D eigenvalue weighted by Gasteiger charge is -2.32. The van der Waals surface area contributed by atoms with Gasteiger partial charge in [-0.05, 0) is 70.7 Å². The molecule has 1 atom stereocenters. The van der Waals surface area contributed by atoms with Crippen molar-refractivity contribution in [2.45, 2.75) is 50.2 Å². The average molecular weight is 388 g/mol. The number of rotatable bonds is 4. The van der Waals surface area contributed by atoms with Gasteiger partial charge >= 0.3 is 7.12 Å². The molecule has 0 bridgehead atoms. The van der Waals surface area contributed by atoms with Crippen molar-refractivity contribution in [1.82, 2.24) is 5.32 Å². The van der Waals surface area contributed by atoms with Crippen LogP contribution < -0.4 is 10.8 Å². The van der Waals surface area contributed by atoms with Gasteiger partial charge in [0, 0.05) is 0 Å². The van der Waals surface area contributed by atoms with Crippen LogP contribution in [0.25, 0.3) is 0 Å². The van der Waals surface area contributed by atoms with Crippen molar-refractivity contribution < 1.29 is 17.7 Å². The van der Waals surface area contributed by atoms with Gasteiger partial charge < -0.3 is 14.6 Å². The van der Waals surface area contributed by atoms with E-state index in [1.807, 2.05) is 33.8 Å². The zero-order valence-electron chi connectivity index (χ0n) is 15.2. The first kappa shape index (κ1) is 20.7. The van der Waals surface area contributed by atoms with Gasteiger partial charge in [0.15, 0.2) is 9.84 Å². The summed E-state index contributed by atoms with van der Waals surface area (Å²) in [5.41, 5.74) is -0.135. The lowest BCUT2D eigenvalue weighted by atomic mass is 9.79. The second-order valence-corrected chi connectivity index (χ2v) is 9.84. The second kappa shape index (κ2) is 7.20. The minimum Gasteiger partial charge on any atom is -0.399 e. The van der Waals surface area contributed by atoms with E-state index in [0.717, 1.165) is 25.0 Å². The van der Waals surface area contributed by atoms with Gasteiger partial charge in [0.2, 0.25) is 0 Å². The monoisotopic (exact) mass is 387 g/mol. The first-order valence-electron chi connectivity index (χ1n) is 8.50. The van der Waals surface area contributed by atoms with E-state index in [1.165, 1.54) is 0 Å². The molecule has 2 aliphatic heterocycles. The van der Waals surface area contributed by atoms with Gasteiger partial charge in [-0.1, -0.05) is 12.1 Å². The molecular formula is C17H27BClNO4S. The predicted octanol–water partition coefficient (Wildman–Crippen LogP) is 1.79. The molecule has 0 spiro atoms. The van der Waals surface area contributed by atoms with Crippen molar-refractivity contribution in [3.63, 3.8) is 0 Å². The number of hydrogen-bond donors (Lipinski definition) is 1. The predicted molar refractivity (Wildman–Crippen MR) is 102 cm³/mol. The van der Waals surface area contributed by atoms with Gasteiger partial charge in [0.1, 0.15) is 0 Å². The molecule has 1 N–H and O–H groups in total. The summed E-state index contributed by atoms with van der Waals surface area (Å²) < 4.78 is 37.4. The standard InChI is InChI=1S/C17H26BNO4S.ClH/c1-16(2)17(3,4)23-18(22-16)14-6-5-7-15(10-14)24(20,21)12-13-8-9-19-11-13;/h5-7,10,13,19H,8-9,11-12H2,1-4H3;1H. The van der Waals surface area contributed by atoms with Gasteiger partial charge in [0.05, 0.1) is 21.9 Å². The molecule has 2 aliphatic rings. The maximum atomic E-state index is 12.7. The number of benzene rings is 1. The largest absolute Gasteiger partial charge is 0.494 e. The first-order chi connectivity index (χ1) is 11.1. The molecule has 0 aliphatic carbocycles. The van der Waals surface area contributed by atoms with Gasteiger partial charge in [-0.3, -0.25) is 0 Å². The molecule has 2 fully saturated rings. The van der Waals surface area contributed by atoms with E-state index in [-0.39, 0.29) is 24.1 Å². The topological polar surface area (TPSA) is 64.6 Å². The molecule has 8 heteroatoms. The van der Waals surface area contributed by atoms with E-state index in [0.29, 0.717) is 4.90 Å². The number of sulfone groups is 1. The summed E-state index contributed by atoms with van der Waals surface area (Å²) in [6.07, 6.45) is 0.913. The Morgan fingerprint density at radius 3 is 2.40 bits per heavy atom. The Bertz CT molecular complexity index is 701. The van der Waals surface area contributed by atoms with Gasteiger partial charge in [-0.15, -0.1) is 12.4 Å². The Hall–Kier alpha value is -0.595. The Labute approximate surface area is 157 Å². The molecule has 3 rings (SSSR count). The quantitative estimate of drug-likeness (QED) is 0.798. The van der Waals surface area contributed by atoms with Crippen LogP contribution in [0.15, 0.2) is 29.2 Å². The number of nitrogens with one attached hydrogen (secondary N) is 1. The number of hydrogen-bond acceptors (Lipinski definition) is 5. The van der Waals surface area contributed by atoms with Gasteiger partial charge in [0.25, 0.3) is 0 Å². The van der Waals surface area contributed by atoms with Crippen LogP contribution in [0.4, 0.5) is 0 Å². The fourth-order valence-corrected chi connectivity index (χ4v) is 4.80. The molecule has 5 nitrogen and oxygen atoms in total. The smallest absolute Gasteiger partial charge is 0.399 e. The summed E-state index contributed by atoms with van der Waals surface area (Å²) in [4.78, 5) is 0.349. The fraction of sp³-hybridized carbons (Fsp3) is 0.647. The molecule has 1 unspecified atom stereocenters. The van der Waals surface area contributed by atoms with E-state index < -0.39 is 28.2 Å². The number of halogens is 1. The first-order valence-corrected chi connectivity index (χ1v) is 10.1. The highest BCUT2D eigenvalue weighted by Gasteiger charge is 2.51. The van der Waals surface area contributed by atoms with Crippen LogP contribution in [0, 0.1) is 5.92 Å². The molecule has 0 radical (unpaired) electrons. The molecule has 25 heavy (non-hydrogen) atoms. The zero-order chi connectivity index (χ0) is 17.6. The lowest BCUT2D eigenvalue weighted by Crippen LogP contribution is -2.41. The van der Waals surface area contributed by atoms with E-state index >= 15 is 0 Å². The summed E-state index contributed by atoms with van der Waals surface area (Å²) in [6.45, 7) is 9.62. The summed E-state index contributed by atoms with van der Waals surface area (Å²) in [6, 6.07) is 6.98. The average Bonchev–Trinajstić information content (AvgIpc) is 3.05. The highest BCUT2D eigenvalue weighted by Crippen LogP contribution is 2.36. The maximum Gasteiger partial charge on any atom is 0.494 e. The Balaban J connectivity index is 0.00000225. The Morgan fingerprint density at radius 1 is 1.20 bits per heavy atom. The SMILES string of the molecule is CC1(C)OB(c2cccc(S(=O)(=O)CC3CCNC3)c2)OC1(C)C.Cl. The summed E-state index contributed by atoms with van der Waals surface area (Å²) >= 11 is 0. The van der Waals surface area contributed by atoms with E-state index in [1.54, 1.807) is 18.2 Å². The molecule has 2 saturated heterocycles. The minimum atomic E-state index is -3.30. The molecular weight excluding hydrogens is 361 g/mol. The second-order valence-electron chi connectivity index (χ2n) is 7.80. The molecule has 1 aromatic rings.